The molecular weight excluding hydrogens is 689 g/mol. The second-order valence-corrected chi connectivity index (χ2v) is 21.4. The fourth-order valence-corrected chi connectivity index (χ4v) is 11.4. The summed E-state index contributed by atoms with van der Waals surface area (Å²) >= 11 is 0. The number of carbonyl (C=O) groups excluding carboxylic acids is 3. The minimum Gasteiger partial charge on any atom is -0.391 e. The highest BCUT2D eigenvalue weighted by molar-refractivity contribution is 6.05. The number of β-amino-alcohol motifs (C(OH)–C–C–N with tert-alkyl or cyclic N) is 1. The predicted molar refractivity (Wildman–Crippen MR) is 223 cm³/mol. The van der Waals surface area contributed by atoms with Gasteiger partial charge in [-0.25, -0.2) is 0 Å². The van der Waals surface area contributed by atoms with Crippen LogP contribution in [-0.2, 0) is 19.1 Å². The molecule has 9 nitrogen and oxygen atoms in total. The molecule has 5 rings (SSSR count). The van der Waals surface area contributed by atoms with Crippen molar-refractivity contribution >= 4 is 17.7 Å². The molecule has 0 aromatic rings. The number of piperidine rings is 2. The summed E-state index contributed by atoms with van der Waals surface area (Å²) in [7, 11) is 2.18. The standard InChI is InChI=1S/C27H50N2O3.C19H34N2O2/c1-7-22(30)19-29-23(31)26(20-24(2,3)28(6)25(4,5)21-26)32-27(29)17-15-13-11-9-8-10-12-14-16-18-27;1-8-12(2)9-15-13(3)16(22)21(17(15)23)14-10-18(4,5)20-19(6,7)11-14/h22,30H,7-21H2,1-6H3;12-15,20H,8-11H2,1-7H3. The molecule has 4 aliphatic heterocycles. The van der Waals surface area contributed by atoms with Gasteiger partial charge in [-0.2, -0.15) is 0 Å². The van der Waals surface area contributed by atoms with Crippen LogP contribution in [0.4, 0.5) is 0 Å². The number of nitrogens with zero attached hydrogens (tertiary/aromatic N) is 3. The molecule has 1 aliphatic carbocycles. The molecule has 2 N–H and O–H groups in total. The summed E-state index contributed by atoms with van der Waals surface area (Å²) in [5.41, 5.74) is -1.75. The summed E-state index contributed by atoms with van der Waals surface area (Å²) in [5.74, 6) is 0.436. The van der Waals surface area contributed by atoms with Crippen LogP contribution in [0.2, 0.25) is 0 Å². The van der Waals surface area contributed by atoms with Gasteiger partial charge in [-0.15, -0.1) is 0 Å². The monoisotopic (exact) mass is 773 g/mol. The van der Waals surface area contributed by atoms with Crippen LogP contribution < -0.4 is 5.32 Å². The van der Waals surface area contributed by atoms with Gasteiger partial charge in [-0.05, 0) is 120 Å². The first-order valence-corrected chi connectivity index (χ1v) is 22.6. The number of hydrogen-bond acceptors (Lipinski definition) is 7. The Morgan fingerprint density at radius 3 is 1.69 bits per heavy atom. The van der Waals surface area contributed by atoms with E-state index in [9.17, 15) is 19.5 Å². The zero-order valence-corrected chi connectivity index (χ0v) is 37.7. The van der Waals surface area contributed by atoms with Crippen LogP contribution in [0.25, 0.3) is 0 Å². The second-order valence-electron chi connectivity index (χ2n) is 21.4. The smallest absolute Gasteiger partial charge is 0.257 e. The number of likely N-dealkylation sites (tertiary alicyclic amines) is 2. The third-order valence-corrected chi connectivity index (χ3v) is 14.4. The highest BCUT2D eigenvalue weighted by Gasteiger charge is 2.65. The topological polar surface area (TPSA) is 102 Å². The van der Waals surface area contributed by atoms with Crippen molar-refractivity contribution in [2.75, 3.05) is 13.6 Å². The van der Waals surface area contributed by atoms with Gasteiger partial charge in [-0.1, -0.05) is 79.1 Å². The number of aliphatic hydroxyl groups excluding tert-OH is 1. The Morgan fingerprint density at radius 2 is 1.24 bits per heavy atom. The van der Waals surface area contributed by atoms with Crippen molar-refractivity contribution in [3.8, 4) is 0 Å². The summed E-state index contributed by atoms with van der Waals surface area (Å²) in [4.78, 5) is 46.1. The molecule has 0 radical (unpaired) electrons. The third-order valence-electron chi connectivity index (χ3n) is 14.4. The molecule has 0 bridgehead atoms. The van der Waals surface area contributed by atoms with Crippen molar-refractivity contribution < 1.29 is 24.2 Å². The Hall–Kier alpha value is -1.55. The molecule has 5 fully saturated rings. The summed E-state index contributed by atoms with van der Waals surface area (Å²) in [6, 6.07) is 0.0191. The maximum atomic E-state index is 14.2. The zero-order valence-electron chi connectivity index (χ0n) is 37.7. The van der Waals surface area contributed by atoms with E-state index in [-0.39, 0.29) is 57.8 Å². The van der Waals surface area contributed by atoms with Crippen LogP contribution in [0, 0.1) is 17.8 Å². The largest absolute Gasteiger partial charge is 0.391 e. The van der Waals surface area contributed by atoms with Gasteiger partial charge < -0.3 is 20.1 Å². The van der Waals surface area contributed by atoms with E-state index in [4.69, 9.17) is 4.74 Å². The molecule has 4 unspecified atom stereocenters. The zero-order chi connectivity index (χ0) is 41.2. The van der Waals surface area contributed by atoms with Gasteiger partial charge in [0.05, 0.1) is 12.0 Å². The molecule has 9 heteroatoms. The minimum absolute atomic E-state index is 0.0191. The first kappa shape index (κ1) is 46.1. The predicted octanol–water partition coefficient (Wildman–Crippen LogP) is 8.99. The lowest BCUT2D eigenvalue weighted by molar-refractivity contribution is -0.198. The van der Waals surface area contributed by atoms with Gasteiger partial charge in [0.15, 0.2) is 5.60 Å². The summed E-state index contributed by atoms with van der Waals surface area (Å²) in [6.45, 7) is 26.2. The Labute approximate surface area is 336 Å². The van der Waals surface area contributed by atoms with Crippen molar-refractivity contribution in [1.29, 1.82) is 0 Å². The minimum atomic E-state index is -0.788. The van der Waals surface area contributed by atoms with E-state index in [2.05, 4.69) is 86.5 Å². The number of carbonyl (C=O) groups is 3. The van der Waals surface area contributed by atoms with Crippen LogP contribution in [0.1, 0.15) is 199 Å². The molecule has 4 saturated heterocycles. The number of hydrogen-bond donors (Lipinski definition) is 2. The second kappa shape index (κ2) is 17.7. The van der Waals surface area contributed by atoms with E-state index in [0.717, 1.165) is 51.4 Å². The van der Waals surface area contributed by atoms with E-state index >= 15 is 0 Å². The lowest BCUT2D eigenvalue weighted by Gasteiger charge is -2.56. The fourth-order valence-electron chi connectivity index (χ4n) is 11.4. The van der Waals surface area contributed by atoms with Crippen LogP contribution in [-0.4, -0.2) is 96.7 Å². The van der Waals surface area contributed by atoms with E-state index in [0.29, 0.717) is 31.7 Å². The number of imide groups is 1. The number of nitrogens with one attached hydrogen (secondary N) is 1. The Kier molecular flexibility index (Phi) is 14.9. The average molecular weight is 773 g/mol. The lowest BCUT2D eigenvalue weighted by Crippen LogP contribution is -2.66. The van der Waals surface area contributed by atoms with Crippen molar-refractivity contribution in [1.82, 2.24) is 20.0 Å². The first-order chi connectivity index (χ1) is 25.5. The molecule has 4 atom stereocenters. The van der Waals surface area contributed by atoms with Gasteiger partial charge in [0.2, 0.25) is 11.8 Å². The van der Waals surface area contributed by atoms with Gasteiger partial charge in [0.1, 0.15) is 5.72 Å². The molecular formula is C46H84N4O5. The number of aliphatic hydroxyl groups is 1. The highest BCUT2D eigenvalue weighted by Crippen LogP contribution is 2.53. The van der Waals surface area contributed by atoms with Crippen LogP contribution >= 0.6 is 0 Å². The molecule has 55 heavy (non-hydrogen) atoms. The van der Waals surface area contributed by atoms with Gasteiger partial charge in [0.25, 0.3) is 5.91 Å². The van der Waals surface area contributed by atoms with Crippen LogP contribution in [0.3, 0.4) is 0 Å². The number of ether oxygens (including phenoxy) is 1. The summed E-state index contributed by atoms with van der Waals surface area (Å²) < 4.78 is 7.15. The van der Waals surface area contributed by atoms with E-state index < -0.39 is 17.4 Å². The average Bonchev–Trinajstić information content (AvgIpc) is 3.40. The fraction of sp³-hybridized carbons (Fsp3) is 0.935. The summed E-state index contributed by atoms with van der Waals surface area (Å²) in [5, 5.41) is 14.3. The maximum absolute atomic E-state index is 14.2. The van der Waals surface area contributed by atoms with Gasteiger partial charge in [-0.3, -0.25) is 24.2 Å². The first-order valence-electron chi connectivity index (χ1n) is 22.6. The molecule has 0 aromatic heterocycles. The van der Waals surface area contributed by atoms with E-state index in [1.54, 1.807) is 4.90 Å². The molecule has 5 aliphatic rings. The molecule has 2 spiro atoms. The Bertz CT molecular complexity index is 1280. The van der Waals surface area contributed by atoms with Crippen LogP contribution in [0.5, 0.6) is 0 Å². The quantitative estimate of drug-likeness (QED) is 0.249. The van der Waals surface area contributed by atoms with Crippen molar-refractivity contribution in [2.24, 2.45) is 17.8 Å². The molecule has 0 aromatic carbocycles. The van der Waals surface area contributed by atoms with Gasteiger partial charge >= 0.3 is 0 Å². The molecule has 318 valence electrons. The number of amides is 3. The van der Waals surface area contributed by atoms with Gasteiger partial charge in [0, 0.05) is 53.5 Å². The normalized spacial score (nSPS) is 30.8. The van der Waals surface area contributed by atoms with Crippen molar-refractivity contribution in [2.45, 2.75) is 244 Å². The van der Waals surface area contributed by atoms with Crippen molar-refractivity contribution in [3.63, 3.8) is 0 Å². The maximum Gasteiger partial charge on any atom is 0.257 e. The third kappa shape index (κ3) is 10.6. The number of rotatable bonds is 7. The van der Waals surface area contributed by atoms with Crippen LogP contribution in [0.15, 0.2) is 0 Å². The van der Waals surface area contributed by atoms with Crippen molar-refractivity contribution in [3.05, 3.63) is 0 Å². The molecule has 3 amide bonds. The van der Waals surface area contributed by atoms with E-state index in [1.165, 1.54) is 44.9 Å². The lowest BCUT2D eigenvalue weighted by atomic mass is 9.71. The molecule has 1 saturated carbocycles. The summed E-state index contributed by atoms with van der Waals surface area (Å²) in [6.07, 6.45) is 18.1. The van der Waals surface area contributed by atoms with E-state index in [1.807, 2.05) is 18.7 Å². The SMILES string of the molecule is CCC(C)CC1C(=O)N(C2CC(C)(C)NC(C)(C)C2)C(=O)C1C.CCC(O)CN1C(=O)C2(CC(C)(C)N(C)C(C)(C)C2)OC12CCCCCCCCCCC2. The Morgan fingerprint density at radius 1 is 0.764 bits per heavy atom. The highest BCUT2D eigenvalue weighted by atomic mass is 16.6. The molecule has 4 heterocycles. The Balaban J connectivity index is 0.000000258.